The zero-order valence-electron chi connectivity index (χ0n) is 12.5. The molecule has 0 aliphatic rings. The number of unbranched alkanes of at least 4 members (excludes halogenated alkanes) is 5. The molecule has 19 heavy (non-hydrogen) atoms. The zero-order valence-corrected chi connectivity index (χ0v) is 12.5. The monoisotopic (exact) mass is 259 g/mol. The molecule has 0 atom stereocenters. The van der Waals surface area contributed by atoms with Crippen LogP contribution in [-0.2, 0) is 13.0 Å². The molecule has 1 aromatic rings. The van der Waals surface area contributed by atoms with E-state index in [1.165, 1.54) is 56.1 Å². The Morgan fingerprint density at radius 3 is 2.26 bits per heavy atom. The highest BCUT2D eigenvalue weighted by atomic mass is 14.8. The number of rotatable bonds is 11. The number of aryl methyl sites for hydroxylation is 1. The lowest BCUT2D eigenvalue weighted by Gasteiger charge is -2.05. The number of hydrogen-bond acceptors (Lipinski definition) is 1. The summed E-state index contributed by atoms with van der Waals surface area (Å²) < 4.78 is 0. The third-order valence-corrected chi connectivity index (χ3v) is 3.46. The molecule has 0 saturated carbocycles. The van der Waals surface area contributed by atoms with E-state index in [0.29, 0.717) is 0 Å². The summed E-state index contributed by atoms with van der Waals surface area (Å²) in [4.78, 5) is 0. The Morgan fingerprint density at radius 1 is 0.947 bits per heavy atom. The van der Waals surface area contributed by atoms with Gasteiger partial charge in [0.05, 0.1) is 0 Å². The first-order valence-corrected chi connectivity index (χ1v) is 7.76. The van der Waals surface area contributed by atoms with E-state index in [-0.39, 0.29) is 0 Å². The Balaban J connectivity index is 2.15. The summed E-state index contributed by atoms with van der Waals surface area (Å²) in [6.07, 6.45) is 11.4. The standard InChI is InChI=1S/C18H29N/c1-3-5-6-7-8-9-10-17-11-13-18(14-12-17)16-19-15-4-2/h4,11-14,19H,2-3,5-10,15-16H2,1H3. The van der Waals surface area contributed by atoms with Crippen LogP contribution in [0.5, 0.6) is 0 Å². The lowest BCUT2D eigenvalue weighted by molar-refractivity contribution is 0.607. The van der Waals surface area contributed by atoms with Gasteiger partial charge < -0.3 is 5.32 Å². The van der Waals surface area contributed by atoms with Crippen molar-refractivity contribution in [2.45, 2.75) is 58.4 Å². The van der Waals surface area contributed by atoms with Crippen LogP contribution in [0.3, 0.4) is 0 Å². The van der Waals surface area contributed by atoms with E-state index in [4.69, 9.17) is 0 Å². The average molecular weight is 259 g/mol. The average Bonchev–Trinajstić information content (AvgIpc) is 2.44. The van der Waals surface area contributed by atoms with E-state index >= 15 is 0 Å². The molecule has 0 spiro atoms. The second-order valence-corrected chi connectivity index (χ2v) is 5.25. The Hall–Kier alpha value is -1.08. The highest BCUT2D eigenvalue weighted by Crippen LogP contribution is 2.11. The molecule has 1 rings (SSSR count). The van der Waals surface area contributed by atoms with E-state index in [9.17, 15) is 0 Å². The molecule has 1 heteroatoms. The molecule has 0 radical (unpaired) electrons. The topological polar surface area (TPSA) is 12.0 Å². The van der Waals surface area contributed by atoms with Gasteiger partial charge in [0.25, 0.3) is 0 Å². The second-order valence-electron chi connectivity index (χ2n) is 5.25. The molecule has 0 aliphatic heterocycles. The molecule has 0 heterocycles. The number of benzene rings is 1. The Bertz CT molecular complexity index is 326. The van der Waals surface area contributed by atoms with Gasteiger partial charge in [0.1, 0.15) is 0 Å². The van der Waals surface area contributed by atoms with Crippen LogP contribution >= 0.6 is 0 Å². The predicted molar refractivity (Wildman–Crippen MR) is 85.4 cm³/mol. The van der Waals surface area contributed by atoms with E-state index in [0.717, 1.165) is 13.1 Å². The van der Waals surface area contributed by atoms with Crippen LogP contribution in [0.25, 0.3) is 0 Å². The fourth-order valence-corrected chi connectivity index (χ4v) is 2.25. The molecule has 0 saturated heterocycles. The van der Waals surface area contributed by atoms with Crippen molar-refractivity contribution in [3.63, 3.8) is 0 Å². The molecule has 1 N–H and O–H groups in total. The Morgan fingerprint density at radius 2 is 1.58 bits per heavy atom. The smallest absolute Gasteiger partial charge is 0.0208 e. The van der Waals surface area contributed by atoms with E-state index in [2.05, 4.69) is 43.1 Å². The number of nitrogens with one attached hydrogen (secondary N) is 1. The van der Waals surface area contributed by atoms with Crippen molar-refractivity contribution in [3.05, 3.63) is 48.0 Å². The Kier molecular flexibility index (Phi) is 9.09. The van der Waals surface area contributed by atoms with Gasteiger partial charge in [0.2, 0.25) is 0 Å². The summed E-state index contributed by atoms with van der Waals surface area (Å²) in [5.41, 5.74) is 2.83. The van der Waals surface area contributed by atoms with Crippen LogP contribution in [-0.4, -0.2) is 6.54 Å². The Labute approximate surface area is 119 Å². The van der Waals surface area contributed by atoms with Crippen molar-refractivity contribution in [1.82, 2.24) is 5.32 Å². The molecular weight excluding hydrogens is 230 g/mol. The lowest BCUT2D eigenvalue weighted by Crippen LogP contribution is -2.12. The van der Waals surface area contributed by atoms with Gasteiger partial charge in [0.15, 0.2) is 0 Å². The SMILES string of the molecule is C=CCNCc1ccc(CCCCCCCC)cc1. The van der Waals surface area contributed by atoms with Gasteiger partial charge in [-0.25, -0.2) is 0 Å². The molecule has 106 valence electrons. The van der Waals surface area contributed by atoms with Gasteiger partial charge in [-0.2, -0.15) is 0 Å². The lowest BCUT2D eigenvalue weighted by atomic mass is 10.0. The first kappa shape index (κ1) is 16.0. The summed E-state index contributed by atoms with van der Waals surface area (Å²) in [7, 11) is 0. The maximum absolute atomic E-state index is 3.70. The molecule has 0 amide bonds. The molecule has 0 unspecified atom stereocenters. The molecular formula is C18H29N. The van der Waals surface area contributed by atoms with Gasteiger partial charge in [-0.05, 0) is 24.0 Å². The number of hydrogen-bond donors (Lipinski definition) is 1. The van der Waals surface area contributed by atoms with Crippen molar-refractivity contribution in [3.8, 4) is 0 Å². The first-order chi connectivity index (χ1) is 9.36. The van der Waals surface area contributed by atoms with E-state index in [1.54, 1.807) is 0 Å². The maximum atomic E-state index is 3.70. The summed E-state index contributed by atoms with van der Waals surface area (Å²) in [5.74, 6) is 0. The highest BCUT2D eigenvalue weighted by Gasteiger charge is 1.96. The molecule has 0 fully saturated rings. The first-order valence-electron chi connectivity index (χ1n) is 7.76. The van der Waals surface area contributed by atoms with Crippen molar-refractivity contribution in [2.75, 3.05) is 6.54 Å². The molecule has 1 nitrogen and oxygen atoms in total. The summed E-state index contributed by atoms with van der Waals surface area (Å²) >= 11 is 0. The van der Waals surface area contributed by atoms with Gasteiger partial charge in [-0.15, -0.1) is 6.58 Å². The fraction of sp³-hybridized carbons (Fsp3) is 0.556. The van der Waals surface area contributed by atoms with Gasteiger partial charge in [-0.1, -0.05) is 69.4 Å². The van der Waals surface area contributed by atoms with Gasteiger partial charge in [-0.3, -0.25) is 0 Å². The predicted octanol–water partition coefficient (Wildman–Crippen LogP) is 4.87. The minimum absolute atomic E-state index is 0.875. The summed E-state index contributed by atoms with van der Waals surface area (Å²) in [6, 6.07) is 9.03. The minimum atomic E-state index is 0.875. The van der Waals surface area contributed by atoms with Crippen molar-refractivity contribution in [1.29, 1.82) is 0 Å². The minimum Gasteiger partial charge on any atom is -0.309 e. The van der Waals surface area contributed by atoms with Crippen LogP contribution < -0.4 is 5.32 Å². The van der Waals surface area contributed by atoms with Crippen LogP contribution in [0.4, 0.5) is 0 Å². The van der Waals surface area contributed by atoms with E-state index < -0.39 is 0 Å². The van der Waals surface area contributed by atoms with Crippen LogP contribution in [0.1, 0.15) is 56.6 Å². The third kappa shape index (κ3) is 7.84. The van der Waals surface area contributed by atoms with Crippen molar-refractivity contribution in [2.24, 2.45) is 0 Å². The zero-order chi connectivity index (χ0) is 13.8. The molecule has 0 aromatic heterocycles. The molecule has 0 bridgehead atoms. The maximum Gasteiger partial charge on any atom is 0.0208 e. The summed E-state index contributed by atoms with van der Waals surface area (Å²) in [5, 5.41) is 3.32. The van der Waals surface area contributed by atoms with Gasteiger partial charge >= 0.3 is 0 Å². The highest BCUT2D eigenvalue weighted by molar-refractivity contribution is 5.22. The van der Waals surface area contributed by atoms with Crippen LogP contribution in [0.2, 0.25) is 0 Å². The fourth-order valence-electron chi connectivity index (χ4n) is 2.25. The van der Waals surface area contributed by atoms with E-state index in [1.807, 2.05) is 6.08 Å². The van der Waals surface area contributed by atoms with Crippen LogP contribution in [0, 0.1) is 0 Å². The van der Waals surface area contributed by atoms with Crippen molar-refractivity contribution < 1.29 is 0 Å². The summed E-state index contributed by atoms with van der Waals surface area (Å²) in [6.45, 7) is 7.78. The quantitative estimate of drug-likeness (QED) is 0.442. The van der Waals surface area contributed by atoms with Crippen molar-refractivity contribution >= 4 is 0 Å². The third-order valence-electron chi connectivity index (χ3n) is 3.46. The largest absolute Gasteiger partial charge is 0.309 e. The molecule has 1 aromatic carbocycles. The van der Waals surface area contributed by atoms with Gasteiger partial charge in [0, 0.05) is 13.1 Å². The second kappa shape index (κ2) is 10.8. The molecule has 0 aliphatic carbocycles. The van der Waals surface area contributed by atoms with Crippen LogP contribution in [0.15, 0.2) is 36.9 Å². The normalized spacial score (nSPS) is 10.6.